The second-order valence-corrected chi connectivity index (χ2v) is 5.82. The molecular weight excluding hydrogens is 256 g/mol. The molecule has 0 aromatic heterocycles. The molecule has 2 aliphatic rings. The second-order valence-electron chi connectivity index (χ2n) is 5.82. The molecule has 6 nitrogen and oxygen atoms in total. The van der Waals surface area contributed by atoms with Crippen molar-refractivity contribution in [2.24, 2.45) is 0 Å². The number of likely N-dealkylation sites (N-methyl/N-ethyl adjacent to an activating group) is 1. The molecule has 3 N–H and O–H groups in total. The van der Waals surface area contributed by atoms with Gasteiger partial charge in [0.2, 0.25) is 0 Å². The van der Waals surface area contributed by atoms with Gasteiger partial charge in [0.1, 0.15) is 0 Å². The van der Waals surface area contributed by atoms with Crippen LogP contribution in [0.1, 0.15) is 26.2 Å². The summed E-state index contributed by atoms with van der Waals surface area (Å²) in [5.41, 5.74) is 0. The highest BCUT2D eigenvalue weighted by Crippen LogP contribution is 2.21. The first-order chi connectivity index (χ1) is 9.65. The summed E-state index contributed by atoms with van der Waals surface area (Å²) < 4.78 is 0. The van der Waals surface area contributed by atoms with Gasteiger partial charge in [0.05, 0.1) is 6.10 Å². The van der Waals surface area contributed by atoms with E-state index in [0.717, 1.165) is 52.0 Å². The SMILES string of the molecule is CCN1CC(O)CC1CN(C(=O)NC)C1CCNCC1. The highest BCUT2D eigenvalue weighted by molar-refractivity contribution is 5.74. The fraction of sp³-hybridized carbons (Fsp3) is 0.929. The van der Waals surface area contributed by atoms with E-state index in [2.05, 4.69) is 22.5 Å². The van der Waals surface area contributed by atoms with Gasteiger partial charge in [-0.1, -0.05) is 6.92 Å². The van der Waals surface area contributed by atoms with Crippen molar-refractivity contribution in [3.05, 3.63) is 0 Å². The largest absolute Gasteiger partial charge is 0.392 e. The van der Waals surface area contributed by atoms with E-state index in [1.807, 2.05) is 4.90 Å². The summed E-state index contributed by atoms with van der Waals surface area (Å²) >= 11 is 0. The third kappa shape index (κ3) is 3.62. The number of aliphatic hydroxyl groups excluding tert-OH is 1. The Morgan fingerprint density at radius 2 is 2.15 bits per heavy atom. The third-order valence-corrected chi connectivity index (χ3v) is 4.54. The van der Waals surface area contributed by atoms with E-state index in [-0.39, 0.29) is 18.2 Å². The molecule has 2 fully saturated rings. The van der Waals surface area contributed by atoms with Crippen LogP contribution >= 0.6 is 0 Å². The van der Waals surface area contributed by atoms with Gasteiger partial charge in [0, 0.05) is 32.2 Å². The lowest BCUT2D eigenvalue weighted by atomic mass is 10.0. The number of nitrogens with one attached hydrogen (secondary N) is 2. The van der Waals surface area contributed by atoms with E-state index in [0.29, 0.717) is 6.04 Å². The molecule has 2 aliphatic heterocycles. The molecule has 0 bridgehead atoms. The molecule has 116 valence electrons. The second kappa shape index (κ2) is 7.24. The maximum absolute atomic E-state index is 12.2. The molecule has 0 aliphatic carbocycles. The van der Waals surface area contributed by atoms with E-state index in [9.17, 15) is 9.90 Å². The van der Waals surface area contributed by atoms with Crippen LogP contribution in [0.3, 0.4) is 0 Å². The molecule has 2 rings (SSSR count). The van der Waals surface area contributed by atoms with Crippen LogP contribution in [0.5, 0.6) is 0 Å². The summed E-state index contributed by atoms with van der Waals surface area (Å²) in [5.74, 6) is 0. The van der Waals surface area contributed by atoms with Crippen LogP contribution in [-0.2, 0) is 0 Å². The van der Waals surface area contributed by atoms with Crippen molar-refractivity contribution in [3.8, 4) is 0 Å². The number of nitrogens with zero attached hydrogens (tertiary/aromatic N) is 2. The minimum atomic E-state index is -0.250. The number of urea groups is 1. The average Bonchev–Trinajstić information content (AvgIpc) is 2.84. The Bertz CT molecular complexity index is 320. The maximum atomic E-state index is 12.2. The highest BCUT2D eigenvalue weighted by atomic mass is 16.3. The van der Waals surface area contributed by atoms with Gasteiger partial charge in [-0.05, 0) is 38.9 Å². The van der Waals surface area contributed by atoms with Gasteiger partial charge in [-0.3, -0.25) is 4.90 Å². The first kappa shape index (κ1) is 15.5. The molecule has 2 amide bonds. The highest BCUT2D eigenvalue weighted by Gasteiger charge is 2.34. The van der Waals surface area contributed by atoms with Crippen LogP contribution in [0.4, 0.5) is 4.79 Å². The van der Waals surface area contributed by atoms with Crippen molar-refractivity contribution >= 4 is 6.03 Å². The molecule has 0 saturated carbocycles. The normalized spacial score (nSPS) is 28.6. The number of carbonyl (C=O) groups excluding carboxylic acids is 1. The van der Waals surface area contributed by atoms with Crippen LogP contribution in [0, 0.1) is 0 Å². The Labute approximate surface area is 121 Å². The van der Waals surface area contributed by atoms with E-state index in [1.165, 1.54) is 0 Å². The Hall–Kier alpha value is -0.850. The van der Waals surface area contributed by atoms with Crippen LogP contribution in [0.2, 0.25) is 0 Å². The smallest absolute Gasteiger partial charge is 0.317 e. The fourth-order valence-electron chi connectivity index (χ4n) is 3.42. The molecule has 0 aromatic carbocycles. The van der Waals surface area contributed by atoms with E-state index >= 15 is 0 Å². The molecule has 6 heteroatoms. The minimum Gasteiger partial charge on any atom is -0.392 e. The van der Waals surface area contributed by atoms with Crippen LogP contribution < -0.4 is 10.6 Å². The van der Waals surface area contributed by atoms with Crippen LogP contribution in [0.25, 0.3) is 0 Å². The van der Waals surface area contributed by atoms with Gasteiger partial charge < -0.3 is 20.6 Å². The topological polar surface area (TPSA) is 67.8 Å². The number of β-amino-alcohol motifs (C(OH)–C–C–N with tert-alkyl or cyclic N) is 1. The first-order valence-corrected chi connectivity index (χ1v) is 7.76. The van der Waals surface area contributed by atoms with E-state index in [4.69, 9.17) is 0 Å². The number of rotatable bonds is 4. The summed E-state index contributed by atoms with van der Waals surface area (Å²) in [7, 11) is 1.69. The minimum absolute atomic E-state index is 0.00865. The lowest BCUT2D eigenvalue weighted by Gasteiger charge is -2.37. The molecule has 0 aromatic rings. The van der Waals surface area contributed by atoms with Crippen molar-refractivity contribution in [3.63, 3.8) is 0 Å². The van der Waals surface area contributed by atoms with Gasteiger partial charge in [-0.25, -0.2) is 4.79 Å². The number of amides is 2. The molecular formula is C14H28N4O2. The van der Waals surface area contributed by atoms with Crippen molar-refractivity contribution in [1.82, 2.24) is 20.4 Å². The van der Waals surface area contributed by atoms with E-state index in [1.54, 1.807) is 7.05 Å². The Morgan fingerprint density at radius 3 is 2.75 bits per heavy atom. The number of carbonyl (C=O) groups is 1. The van der Waals surface area contributed by atoms with Gasteiger partial charge in [0.15, 0.2) is 0 Å². The molecule has 0 spiro atoms. The lowest BCUT2D eigenvalue weighted by molar-refractivity contribution is 0.131. The predicted octanol–water partition coefficient (Wildman–Crippen LogP) is -0.165. The predicted molar refractivity (Wildman–Crippen MR) is 78.7 cm³/mol. The van der Waals surface area contributed by atoms with Gasteiger partial charge >= 0.3 is 6.03 Å². The molecule has 20 heavy (non-hydrogen) atoms. The Balaban J connectivity index is 2.01. The Morgan fingerprint density at radius 1 is 1.45 bits per heavy atom. The number of hydrogen-bond donors (Lipinski definition) is 3. The fourth-order valence-corrected chi connectivity index (χ4v) is 3.42. The third-order valence-electron chi connectivity index (χ3n) is 4.54. The van der Waals surface area contributed by atoms with Crippen LogP contribution in [-0.4, -0.2) is 78.9 Å². The Kier molecular flexibility index (Phi) is 5.63. The van der Waals surface area contributed by atoms with Gasteiger partial charge in [-0.15, -0.1) is 0 Å². The molecule has 2 atom stereocenters. The molecule has 2 saturated heterocycles. The zero-order valence-corrected chi connectivity index (χ0v) is 12.6. The standard InChI is InChI=1S/C14H28N4O2/c1-3-17-10-13(19)8-12(17)9-18(14(20)15-2)11-4-6-16-7-5-11/h11-13,16,19H,3-10H2,1-2H3,(H,15,20). The number of hydrogen-bond acceptors (Lipinski definition) is 4. The lowest BCUT2D eigenvalue weighted by Crippen LogP contribution is -2.53. The molecule has 0 radical (unpaired) electrons. The maximum Gasteiger partial charge on any atom is 0.317 e. The van der Waals surface area contributed by atoms with Crippen molar-refractivity contribution < 1.29 is 9.90 Å². The summed E-state index contributed by atoms with van der Waals surface area (Å²) in [5, 5.41) is 16.0. The average molecular weight is 284 g/mol. The number of likely N-dealkylation sites (tertiary alicyclic amines) is 1. The summed E-state index contributed by atoms with van der Waals surface area (Å²) in [4.78, 5) is 16.4. The van der Waals surface area contributed by atoms with Crippen LogP contribution in [0.15, 0.2) is 0 Å². The number of piperidine rings is 1. The van der Waals surface area contributed by atoms with Gasteiger partial charge in [-0.2, -0.15) is 0 Å². The summed E-state index contributed by atoms with van der Waals surface area (Å²) in [6.07, 6.45) is 2.54. The zero-order valence-electron chi connectivity index (χ0n) is 12.6. The monoisotopic (exact) mass is 284 g/mol. The van der Waals surface area contributed by atoms with E-state index < -0.39 is 0 Å². The van der Waals surface area contributed by atoms with Crippen molar-refractivity contribution in [2.45, 2.75) is 44.4 Å². The summed E-state index contributed by atoms with van der Waals surface area (Å²) in [6, 6.07) is 0.601. The first-order valence-electron chi connectivity index (χ1n) is 7.76. The molecule has 2 heterocycles. The van der Waals surface area contributed by atoms with Crippen molar-refractivity contribution in [2.75, 3.05) is 39.8 Å². The number of aliphatic hydroxyl groups is 1. The molecule has 2 unspecified atom stereocenters. The zero-order chi connectivity index (χ0) is 14.5. The van der Waals surface area contributed by atoms with Gasteiger partial charge in [0.25, 0.3) is 0 Å². The quantitative estimate of drug-likeness (QED) is 0.671. The summed E-state index contributed by atoms with van der Waals surface area (Å²) in [6.45, 7) is 6.44. The van der Waals surface area contributed by atoms with Crippen molar-refractivity contribution in [1.29, 1.82) is 0 Å².